The van der Waals surface area contributed by atoms with E-state index in [0.29, 0.717) is 6.10 Å². The minimum atomic E-state index is 0.341. The Morgan fingerprint density at radius 1 is 1.69 bits per heavy atom. The van der Waals surface area contributed by atoms with Crippen molar-refractivity contribution in [2.24, 2.45) is 0 Å². The quantitative estimate of drug-likeness (QED) is 0.783. The molecule has 1 aliphatic heterocycles. The third kappa shape index (κ3) is 2.42. The van der Waals surface area contributed by atoms with Crippen molar-refractivity contribution in [1.29, 1.82) is 0 Å². The number of ether oxygens (including phenoxy) is 1. The smallest absolute Gasteiger partial charge is 0.194 e. The summed E-state index contributed by atoms with van der Waals surface area (Å²) in [5.74, 6) is 0. The maximum atomic E-state index is 5.77. The minimum absolute atomic E-state index is 0.341. The number of rotatable bonds is 2. The molecule has 1 aromatic rings. The van der Waals surface area contributed by atoms with Crippen LogP contribution in [0.4, 0.5) is 0 Å². The van der Waals surface area contributed by atoms with Crippen molar-refractivity contribution in [2.75, 3.05) is 13.1 Å². The fourth-order valence-corrected chi connectivity index (χ4v) is 2.17. The zero-order valence-electron chi connectivity index (χ0n) is 7.75. The Hall–Kier alpha value is -0.610. The van der Waals surface area contributed by atoms with Gasteiger partial charge in [-0.3, -0.25) is 0 Å². The maximum Gasteiger partial charge on any atom is 0.194 e. The van der Waals surface area contributed by atoms with E-state index in [9.17, 15) is 0 Å². The Balaban J connectivity index is 1.89. The molecule has 0 spiro atoms. The van der Waals surface area contributed by atoms with E-state index < -0.39 is 0 Å². The molecule has 1 atom stereocenters. The van der Waals surface area contributed by atoms with Gasteiger partial charge in [-0.15, -0.1) is 0 Å². The molecule has 3 nitrogen and oxygen atoms in total. The standard InChI is InChI=1S/C9H14N2OS/c1-7-11-6-9(13-7)12-8-3-2-4-10-5-8/h6,8,10H,2-5H2,1H3. The molecule has 0 bridgehead atoms. The number of piperidine rings is 1. The average molecular weight is 198 g/mol. The fraction of sp³-hybridized carbons (Fsp3) is 0.667. The normalized spacial score (nSPS) is 23.0. The zero-order chi connectivity index (χ0) is 9.10. The minimum Gasteiger partial charge on any atom is -0.478 e. The van der Waals surface area contributed by atoms with Gasteiger partial charge >= 0.3 is 0 Å². The molecule has 0 amide bonds. The summed E-state index contributed by atoms with van der Waals surface area (Å²) in [5, 5.41) is 5.34. The Morgan fingerprint density at radius 2 is 2.62 bits per heavy atom. The summed E-state index contributed by atoms with van der Waals surface area (Å²) in [6.45, 7) is 4.09. The van der Waals surface area contributed by atoms with Crippen LogP contribution < -0.4 is 10.1 Å². The summed E-state index contributed by atoms with van der Waals surface area (Å²) in [7, 11) is 0. The third-order valence-corrected chi connectivity index (χ3v) is 2.94. The molecule has 0 radical (unpaired) electrons. The topological polar surface area (TPSA) is 34.1 Å². The summed E-state index contributed by atoms with van der Waals surface area (Å²) in [6.07, 6.45) is 4.52. The highest BCUT2D eigenvalue weighted by Gasteiger charge is 2.14. The van der Waals surface area contributed by atoms with Crippen LogP contribution in [0.2, 0.25) is 0 Å². The van der Waals surface area contributed by atoms with Crippen molar-refractivity contribution in [3.05, 3.63) is 11.2 Å². The van der Waals surface area contributed by atoms with Gasteiger partial charge in [-0.1, -0.05) is 11.3 Å². The van der Waals surface area contributed by atoms with Gasteiger partial charge in [0.05, 0.1) is 11.2 Å². The molecule has 2 rings (SSSR count). The van der Waals surface area contributed by atoms with Gasteiger partial charge in [0.1, 0.15) is 6.10 Å². The highest BCUT2D eigenvalue weighted by Crippen LogP contribution is 2.23. The van der Waals surface area contributed by atoms with Gasteiger partial charge in [0.2, 0.25) is 0 Å². The number of thiazole rings is 1. The lowest BCUT2D eigenvalue weighted by molar-refractivity contribution is 0.172. The first-order chi connectivity index (χ1) is 6.34. The maximum absolute atomic E-state index is 5.77. The molecular formula is C9H14N2OS. The predicted octanol–water partition coefficient (Wildman–Crippen LogP) is 1.58. The molecule has 0 aromatic carbocycles. The van der Waals surface area contributed by atoms with E-state index in [1.165, 1.54) is 6.42 Å². The molecule has 1 N–H and O–H groups in total. The SMILES string of the molecule is Cc1ncc(OC2CCCNC2)s1. The van der Waals surface area contributed by atoms with Crippen LogP contribution in [0, 0.1) is 6.92 Å². The number of nitrogens with zero attached hydrogens (tertiary/aromatic N) is 1. The molecule has 0 saturated carbocycles. The molecule has 1 unspecified atom stereocenters. The highest BCUT2D eigenvalue weighted by atomic mass is 32.1. The molecule has 72 valence electrons. The first-order valence-corrected chi connectivity index (χ1v) is 5.46. The van der Waals surface area contributed by atoms with Gasteiger partial charge in [-0.05, 0) is 26.3 Å². The van der Waals surface area contributed by atoms with E-state index in [0.717, 1.165) is 29.6 Å². The number of hydrogen-bond acceptors (Lipinski definition) is 4. The van der Waals surface area contributed by atoms with Crippen LogP contribution in [-0.2, 0) is 0 Å². The highest BCUT2D eigenvalue weighted by molar-refractivity contribution is 7.13. The van der Waals surface area contributed by atoms with E-state index in [2.05, 4.69) is 10.3 Å². The van der Waals surface area contributed by atoms with E-state index in [1.54, 1.807) is 11.3 Å². The molecular weight excluding hydrogens is 184 g/mol. The van der Waals surface area contributed by atoms with Gasteiger partial charge in [-0.25, -0.2) is 4.98 Å². The lowest BCUT2D eigenvalue weighted by atomic mass is 10.1. The Kier molecular flexibility index (Phi) is 2.80. The van der Waals surface area contributed by atoms with Gasteiger partial charge in [0, 0.05) is 6.54 Å². The van der Waals surface area contributed by atoms with E-state index in [1.807, 2.05) is 13.1 Å². The van der Waals surface area contributed by atoms with Crippen molar-refractivity contribution in [3.63, 3.8) is 0 Å². The van der Waals surface area contributed by atoms with Crippen LogP contribution >= 0.6 is 11.3 Å². The number of aryl methyl sites for hydroxylation is 1. The van der Waals surface area contributed by atoms with Gasteiger partial charge in [0.15, 0.2) is 5.06 Å². The lowest BCUT2D eigenvalue weighted by Crippen LogP contribution is -2.36. The van der Waals surface area contributed by atoms with Crippen molar-refractivity contribution in [3.8, 4) is 5.06 Å². The Bertz CT molecular complexity index is 268. The van der Waals surface area contributed by atoms with Crippen LogP contribution in [0.3, 0.4) is 0 Å². The van der Waals surface area contributed by atoms with Crippen LogP contribution in [0.5, 0.6) is 5.06 Å². The van der Waals surface area contributed by atoms with E-state index in [4.69, 9.17) is 4.74 Å². The number of aromatic nitrogens is 1. The monoisotopic (exact) mass is 198 g/mol. The Morgan fingerprint density at radius 3 is 3.23 bits per heavy atom. The third-order valence-electron chi connectivity index (χ3n) is 2.13. The second kappa shape index (κ2) is 4.07. The molecule has 1 saturated heterocycles. The van der Waals surface area contributed by atoms with Crippen LogP contribution in [0.25, 0.3) is 0 Å². The summed E-state index contributed by atoms with van der Waals surface area (Å²) < 4.78 is 5.77. The van der Waals surface area contributed by atoms with Crippen molar-refractivity contribution >= 4 is 11.3 Å². The second-order valence-corrected chi connectivity index (χ2v) is 4.48. The zero-order valence-corrected chi connectivity index (χ0v) is 8.56. The van der Waals surface area contributed by atoms with Crippen LogP contribution in [0.15, 0.2) is 6.20 Å². The van der Waals surface area contributed by atoms with Crippen molar-refractivity contribution in [1.82, 2.24) is 10.3 Å². The van der Waals surface area contributed by atoms with Crippen LogP contribution in [0.1, 0.15) is 17.8 Å². The second-order valence-electron chi connectivity index (χ2n) is 3.28. The number of hydrogen-bond donors (Lipinski definition) is 1. The predicted molar refractivity (Wildman–Crippen MR) is 53.4 cm³/mol. The van der Waals surface area contributed by atoms with Crippen molar-refractivity contribution < 1.29 is 4.74 Å². The first kappa shape index (κ1) is 8.97. The summed E-state index contributed by atoms with van der Waals surface area (Å²) in [4.78, 5) is 4.16. The largest absolute Gasteiger partial charge is 0.478 e. The molecule has 2 heterocycles. The van der Waals surface area contributed by atoms with Gasteiger partial charge in [0.25, 0.3) is 0 Å². The molecule has 1 fully saturated rings. The Labute approximate surface area is 82.1 Å². The first-order valence-electron chi connectivity index (χ1n) is 4.64. The summed E-state index contributed by atoms with van der Waals surface area (Å²) in [6, 6.07) is 0. The van der Waals surface area contributed by atoms with Crippen molar-refractivity contribution in [2.45, 2.75) is 25.9 Å². The van der Waals surface area contributed by atoms with E-state index >= 15 is 0 Å². The molecule has 1 aromatic heterocycles. The molecule has 13 heavy (non-hydrogen) atoms. The summed E-state index contributed by atoms with van der Waals surface area (Å²) >= 11 is 1.62. The molecule has 0 aliphatic carbocycles. The van der Waals surface area contributed by atoms with E-state index in [-0.39, 0.29) is 0 Å². The molecule has 4 heteroatoms. The molecule has 1 aliphatic rings. The van der Waals surface area contributed by atoms with Gasteiger partial charge in [-0.2, -0.15) is 0 Å². The average Bonchev–Trinajstić information content (AvgIpc) is 2.53. The number of nitrogens with one attached hydrogen (secondary N) is 1. The summed E-state index contributed by atoms with van der Waals surface area (Å²) in [5.41, 5.74) is 0. The fourth-order valence-electron chi connectivity index (χ4n) is 1.48. The lowest BCUT2D eigenvalue weighted by Gasteiger charge is -2.22. The van der Waals surface area contributed by atoms with Crippen LogP contribution in [-0.4, -0.2) is 24.2 Å². The van der Waals surface area contributed by atoms with Gasteiger partial charge < -0.3 is 10.1 Å².